The molecule has 1 aromatic carbocycles. The Labute approximate surface area is 107 Å². The van der Waals surface area contributed by atoms with Gasteiger partial charge in [-0.05, 0) is 43.0 Å². The van der Waals surface area contributed by atoms with Gasteiger partial charge in [-0.1, -0.05) is 12.1 Å². The molecule has 0 radical (unpaired) electrons. The van der Waals surface area contributed by atoms with Gasteiger partial charge in [0.25, 0.3) is 0 Å². The maximum Gasteiger partial charge on any atom is 0.0701 e. The van der Waals surface area contributed by atoms with E-state index < -0.39 is 0 Å². The summed E-state index contributed by atoms with van der Waals surface area (Å²) in [5.74, 6) is 0.698. The first-order valence-corrected chi connectivity index (χ1v) is 6.92. The van der Waals surface area contributed by atoms with Crippen molar-refractivity contribution in [2.24, 2.45) is 5.73 Å². The molecule has 18 heavy (non-hydrogen) atoms. The van der Waals surface area contributed by atoms with Crippen molar-refractivity contribution in [2.75, 3.05) is 6.54 Å². The van der Waals surface area contributed by atoms with Crippen LogP contribution in [0.2, 0.25) is 0 Å². The minimum absolute atomic E-state index is 0.572. The summed E-state index contributed by atoms with van der Waals surface area (Å²) in [6, 6.07) is 7.33. The molecule has 2 atom stereocenters. The molecule has 1 saturated heterocycles. The van der Waals surface area contributed by atoms with E-state index in [1.54, 1.807) is 0 Å². The molecule has 4 rings (SSSR count). The predicted molar refractivity (Wildman–Crippen MR) is 73.6 cm³/mol. The second kappa shape index (κ2) is 3.84. The fourth-order valence-electron chi connectivity index (χ4n) is 3.86. The van der Waals surface area contributed by atoms with Crippen LogP contribution in [0.4, 0.5) is 0 Å². The molecule has 2 aliphatic rings. The van der Waals surface area contributed by atoms with Crippen molar-refractivity contribution in [1.82, 2.24) is 9.88 Å². The molecule has 0 saturated carbocycles. The molecule has 0 amide bonds. The average Bonchev–Trinajstić information content (AvgIpc) is 2.79. The number of hydrogen-bond acceptors (Lipinski definition) is 2. The molecule has 0 spiro atoms. The summed E-state index contributed by atoms with van der Waals surface area (Å²) in [7, 11) is 0. The van der Waals surface area contributed by atoms with Gasteiger partial charge in [-0.3, -0.25) is 0 Å². The van der Waals surface area contributed by atoms with E-state index in [2.05, 4.69) is 34.3 Å². The lowest BCUT2D eigenvalue weighted by atomic mass is 9.76. The highest BCUT2D eigenvalue weighted by atomic mass is 15.0. The standard InChI is InChI=1S/C15H19N3/c16-9-18-8-10-7-13-11(4-2-6-17-13)12-3-1-5-14(18)15(10)12/h1,3,5,8,11,13,17H,2,4,6-7,9,16H2/t11-,13-/m1/s1. The lowest BCUT2D eigenvalue weighted by molar-refractivity contribution is 0.345. The predicted octanol–water partition coefficient (Wildman–Crippen LogP) is 1.95. The van der Waals surface area contributed by atoms with Crippen LogP contribution in [0.3, 0.4) is 0 Å². The van der Waals surface area contributed by atoms with Gasteiger partial charge in [0.15, 0.2) is 0 Å². The Hall–Kier alpha value is -1.32. The van der Waals surface area contributed by atoms with E-state index in [1.165, 1.54) is 41.4 Å². The van der Waals surface area contributed by atoms with Crippen LogP contribution in [0.25, 0.3) is 10.9 Å². The number of nitrogens with one attached hydrogen (secondary N) is 1. The average molecular weight is 241 g/mol. The van der Waals surface area contributed by atoms with E-state index in [-0.39, 0.29) is 0 Å². The zero-order valence-electron chi connectivity index (χ0n) is 10.5. The lowest BCUT2D eigenvalue weighted by Gasteiger charge is -2.36. The summed E-state index contributed by atoms with van der Waals surface area (Å²) in [6.07, 6.45) is 6.03. The zero-order chi connectivity index (χ0) is 12.1. The van der Waals surface area contributed by atoms with E-state index >= 15 is 0 Å². The van der Waals surface area contributed by atoms with Crippen LogP contribution in [0.1, 0.15) is 29.9 Å². The number of nitrogens with two attached hydrogens (primary N) is 1. The number of nitrogens with zero attached hydrogens (tertiary/aromatic N) is 1. The van der Waals surface area contributed by atoms with Crippen molar-refractivity contribution < 1.29 is 0 Å². The number of piperidine rings is 1. The highest BCUT2D eigenvalue weighted by Gasteiger charge is 2.33. The normalized spacial score (nSPS) is 26.3. The lowest BCUT2D eigenvalue weighted by Crippen LogP contribution is -2.43. The summed E-state index contributed by atoms with van der Waals surface area (Å²) in [6.45, 7) is 1.74. The third-order valence-corrected chi connectivity index (χ3v) is 4.64. The number of rotatable bonds is 1. The van der Waals surface area contributed by atoms with Crippen molar-refractivity contribution >= 4 is 10.9 Å². The first-order valence-electron chi connectivity index (χ1n) is 6.92. The molecular formula is C15H19N3. The quantitative estimate of drug-likeness (QED) is 0.801. The smallest absolute Gasteiger partial charge is 0.0701 e. The Morgan fingerprint density at radius 1 is 1.39 bits per heavy atom. The van der Waals surface area contributed by atoms with Crippen molar-refractivity contribution in [3.8, 4) is 0 Å². The van der Waals surface area contributed by atoms with E-state index in [9.17, 15) is 0 Å². The van der Waals surface area contributed by atoms with E-state index in [1.807, 2.05) is 0 Å². The van der Waals surface area contributed by atoms with Gasteiger partial charge in [0, 0.05) is 29.1 Å². The van der Waals surface area contributed by atoms with Crippen molar-refractivity contribution in [3.63, 3.8) is 0 Å². The molecule has 2 heterocycles. The molecule has 3 N–H and O–H groups in total. The molecule has 0 bridgehead atoms. The van der Waals surface area contributed by atoms with E-state index in [0.717, 1.165) is 6.42 Å². The van der Waals surface area contributed by atoms with Gasteiger partial charge in [0.2, 0.25) is 0 Å². The SMILES string of the molecule is NCn1cc2c3c(cccc31)[C@H]1CCCN[C@@H]1C2. The monoisotopic (exact) mass is 241 g/mol. The van der Waals surface area contributed by atoms with Crippen LogP contribution in [0.5, 0.6) is 0 Å². The molecule has 1 aromatic heterocycles. The molecule has 1 fully saturated rings. The zero-order valence-corrected chi connectivity index (χ0v) is 10.5. The highest BCUT2D eigenvalue weighted by molar-refractivity contribution is 5.89. The first kappa shape index (κ1) is 10.6. The molecule has 1 aliphatic heterocycles. The van der Waals surface area contributed by atoms with Gasteiger partial charge in [-0.25, -0.2) is 0 Å². The van der Waals surface area contributed by atoms with Crippen LogP contribution in [0, 0.1) is 0 Å². The first-order chi connectivity index (χ1) is 8.88. The van der Waals surface area contributed by atoms with Gasteiger partial charge in [0.05, 0.1) is 6.67 Å². The highest BCUT2D eigenvalue weighted by Crippen LogP contribution is 2.41. The second-order valence-electron chi connectivity index (χ2n) is 5.56. The Morgan fingerprint density at radius 3 is 3.22 bits per heavy atom. The fraction of sp³-hybridized carbons (Fsp3) is 0.467. The summed E-state index contributed by atoms with van der Waals surface area (Å²) < 4.78 is 2.19. The molecule has 3 nitrogen and oxygen atoms in total. The number of aromatic nitrogens is 1. The summed E-state index contributed by atoms with van der Waals surface area (Å²) in [5, 5.41) is 5.17. The van der Waals surface area contributed by atoms with Crippen LogP contribution in [-0.4, -0.2) is 17.2 Å². The Balaban J connectivity index is 1.97. The van der Waals surface area contributed by atoms with Gasteiger partial charge < -0.3 is 15.6 Å². The van der Waals surface area contributed by atoms with Gasteiger partial charge in [-0.2, -0.15) is 0 Å². The van der Waals surface area contributed by atoms with Crippen molar-refractivity contribution in [3.05, 3.63) is 35.5 Å². The molecule has 0 unspecified atom stereocenters. The number of fused-ring (bicyclic) bond motifs is 2. The van der Waals surface area contributed by atoms with Crippen LogP contribution >= 0.6 is 0 Å². The Morgan fingerprint density at radius 2 is 2.33 bits per heavy atom. The summed E-state index contributed by atoms with van der Waals surface area (Å²) in [4.78, 5) is 0. The molecule has 3 heteroatoms. The van der Waals surface area contributed by atoms with Gasteiger partial charge in [0.1, 0.15) is 0 Å². The number of benzene rings is 1. The van der Waals surface area contributed by atoms with E-state index in [4.69, 9.17) is 5.73 Å². The molecular weight excluding hydrogens is 222 g/mol. The largest absolute Gasteiger partial charge is 0.334 e. The van der Waals surface area contributed by atoms with E-state index in [0.29, 0.717) is 18.6 Å². The van der Waals surface area contributed by atoms with Gasteiger partial charge in [-0.15, -0.1) is 0 Å². The maximum absolute atomic E-state index is 5.85. The topological polar surface area (TPSA) is 43.0 Å². The van der Waals surface area contributed by atoms with Crippen LogP contribution < -0.4 is 11.1 Å². The third kappa shape index (κ3) is 1.32. The molecule has 2 aromatic rings. The number of hydrogen-bond donors (Lipinski definition) is 2. The molecule has 94 valence electrons. The van der Waals surface area contributed by atoms with Gasteiger partial charge >= 0.3 is 0 Å². The summed E-state index contributed by atoms with van der Waals surface area (Å²) >= 11 is 0. The Kier molecular flexibility index (Phi) is 2.26. The second-order valence-corrected chi connectivity index (χ2v) is 5.56. The van der Waals surface area contributed by atoms with Crippen molar-refractivity contribution in [2.45, 2.75) is 37.9 Å². The minimum atomic E-state index is 0.572. The summed E-state index contributed by atoms with van der Waals surface area (Å²) in [5.41, 5.74) is 10.2. The molecule has 1 aliphatic carbocycles. The Bertz CT molecular complexity index is 599. The van der Waals surface area contributed by atoms with Crippen molar-refractivity contribution in [1.29, 1.82) is 0 Å². The fourth-order valence-corrected chi connectivity index (χ4v) is 3.86. The van der Waals surface area contributed by atoms with Crippen LogP contribution in [-0.2, 0) is 13.1 Å². The maximum atomic E-state index is 5.85. The van der Waals surface area contributed by atoms with Crippen LogP contribution in [0.15, 0.2) is 24.4 Å². The third-order valence-electron chi connectivity index (χ3n) is 4.64. The minimum Gasteiger partial charge on any atom is -0.334 e.